The average Bonchev–Trinajstić information content (AvgIpc) is 3.24. The van der Waals surface area contributed by atoms with Crippen LogP contribution in [0.25, 0.3) is 0 Å². The summed E-state index contributed by atoms with van der Waals surface area (Å²) in [6.07, 6.45) is 2.17. The van der Waals surface area contributed by atoms with Gasteiger partial charge in [-0.15, -0.1) is 0 Å². The fraction of sp³-hybridized carbons (Fsp3) is 0.652. The molecule has 2 amide bonds. The molecular formula is C23H33NO4Si. The number of carbonyl (C=O) groups is 2. The SMILES string of the molecule is CC(C)(C)[Si](C)(C)OC1C2CC(C2)[C@@H]1C(=O)N1C(=O)OC[C@H]1Cc1ccccc1. The maximum atomic E-state index is 13.6. The quantitative estimate of drug-likeness (QED) is 0.658. The highest BCUT2D eigenvalue weighted by molar-refractivity contribution is 6.74. The van der Waals surface area contributed by atoms with Crippen LogP contribution >= 0.6 is 0 Å². The molecule has 1 aromatic rings. The molecule has 5 rings (SSSR count). The van der Waals surface area contributed by atoms with Crippen LogP contribution in [0.1, 0.15) is 39.2 Å². The summed E-state index contributed by atoms with van der Waals surface area (Å²) in [7, 11) is -1.99. The smallest absolute Gasteiger partial charge is 0.416 e. The summed E-state index contributed by atoms with van der Waals surface area (Å²) in [6, 6.07) is 9.76. The second-order valence-corrected chi connectivity index (χ2v) is 15.2. The maximum absolute atomic E-state index is 13.6. The van der Waals surface area contributed by atoms with Gasteiger partial charge in [0.25, 0.3) is 0 Å². The number of benzene rings is 1. The molecule has 2 bridgehead atoms. The van der Waals surface area contributed by atoms with E-state index in [9.17, 15) is 9.59 Å². The van der Waals surface area contributed by atoms with Crippen molar-refractivity contribution in [1.82, 2.24) is 4.90 Å². The van der Waals surface area contributed by atoms with E-state index < -0.39 is 14.4 Å². The topological polar surface area (TPSA) is 55.8 Å². The third-order valence-electron chi connectivity index (χ3n) is 7.57. The number of fused-ring (bicyclic) bond motifs is 1. The Labute approximate surface area is 174 Å². The molecular weight excluding hydrogens is 382 g/mol. The van der Waals surface area contributed by atoms with Crippen molar-refractivity contribution in [3.05, 3.63) is 35.9 Å². The summed E-state index contributed by atoms with van der Waals surface area (Å²) < 4.78 is 12.0. The van der Waals surface area contributed by atoms with Crippen LogP contribution in [-0.4, -0.2) is 44.0 Å². The fourth-order valence-corrected chi connectivity index (χ4v) is 6.16. The van der Waals surface area contributed by atoms with Gasteiger partial charge >= 0.3 is 6.09 Å². The van der Waals surface area contributed by atoms with Crippen LogP contribution in [-0.2, 0) is 20.4 Å². The molecule has 3 aliphatic carbocycles. The number of hydrogen-bond donors (Lipinski definition) is 0. The Morgan fingerprint density at radius 2 is 1.83 bits per heavy atom. The number of imide groups is 1. The van der Waals surface area contributed by atoms with E-state index in [2.05, 4.69) is 33.9 Å². The second-order valence-electron chi connectivity index (χ2n) is 10.5. The van der Waals surface area contributed by atoms with Gasteiger partial charge in [-0.3, -0.25) is 4.79 Å². The van der Waals surface area contributed by atoms with Gasteiger partial charge in [0.05, 0.1) is 18.1 Å². The third-order valence-corrected chi connectivity index (χ3v) is 12.0. The van der Waals surface area contributed by atoms with Crippen LogP contribution in [0, 0.1) is 17.8 Å². The second kappa shape index (κ2) is 7.24. The van der Waals surface area contributed by atoms with Crippen LogP contribution in [0.2, 0.25) is 18.1 Å². The zero-order valence-corrected chi connectivity index (χ0v) is 19.2. The Bertz CT molecular complexity index is 782. The normalized spacial score (nSPS) is 31.6. The Kier molecular flexibility index (Phi) is 5.14. The van der Waals surface area contributed by atoms with Crippen LogP contribution in [0.15, 0.2) is 30.3 Å². The van der Waals surface area contributed by atoms with E-state index in [0.717, 1.165) is 18.4 Å². The van der Waals surface area contributed by atoms with Crippen molar-refractivity contribution in [3.8, 4) is 0 Å². The van der Waals surface area contributed by atoms with Crippen molar-refractivity contribution < 1.29 is 18.8 Å². The van der Waals surface area contributed by atoms with Crippen molar-refractivity contribution in [2.45, 2.75) is 70.3 Å². The van der Waals surface area contributed by atoms with Gasteiger partial charge in [-0.05, 0) is 54.8 Å². The lowest BCUT2D eigenvalue weighted by Gasteiger charge is -2.40. The standard InChI is InChI=1S/C23H33NO4Si/c1-23(2,3)29(4,5)28-20-17-12-16(13-17)19(20)21(25)24-18(14-27-22(24)26)11-15-9-7-6-8-10-15/h6-10,16-20H,11-14H2,1-5H3/t16?,17?,18-,19+,20?/m1/s1. The highest BCUT2D eigenvalue weighted by atomic mass is 28.4. The minimum absolute atomic E-state index is 0.0563. The van der Waals surface area contributed by atoms with Gasteiger partial charge in [0, 0.05) is 0 Å². The Morgan fingerprint density at radius 3 is 2.45 bits per heavy atom. The molecule has 3 atom stereocenters. The van der Waals surface area contributed by atoms with Crippen LogP contribution in [0.4, 0.5) is 4.79 Å². The van der Waals surface area contributed by atoms with Gasteiger partial charge in [0.15, 0.2) is 8.32 Å². The van der Waals surface area contributed by atoms with Crippen molar-refractivity contribution in [3.63, 3.8) is 0 Å². The highest BCUT2D eigenvalue weighted by Gasteiger charge is 2.60. The number of amides is 2. The van der Waals surface area contributed by atoms with E-state index in [-0.39, 0.29) is 35.6 Å². The summed E-state index contributed by atoms with van der Waals surface area (Å²) in [5.41, 5.74) is 1.11. The van der Waals surface area contributed by atoms with E-state index in [4.69, 9.17) is 9.16 Å². The Morgan fingerprint density at radius 1 is 1.17 bits per heavy atom. The molecule has 5 nitrogen and oxygen atoms in total. The predicted octanol–water partition coefficient (Wildman–Crippen LogP) is 4.62. The number of hydrogen-bond acceptors (Lipinski definition) is 4. The van der Waals surface area contributed by atoms with E-state index in [1.54, 1.807) is 0 Å². The lowest BCUT2D eigenvalue weighted by Crippen LogP contribution is -2.50. The number of nitrogens with zero attached hydrogens (tertiary/aromatic N) is 1. The molecule has 4 fully saturated rings. The maximum Gasteiger partial charge on any atom is 0.416 e. The lowest BCUT2D eigenvalue weighted by atomic mass is 9.82. The summed E-state index contributed by atoms with van der Waals surface area (Å²) in [5, 5.41) is 0.0932. The molecule has 1 aliphatic heterocycles. The minimum Gasteiger partial charge on any atom is -0.447 e. The Hall–Kier alpha value is -1.66. The first-order valence-corrected chi connectivity index (χ1v) is 13.7. The Balaban J connectivity index is 1.53. The number of rotatable bonds is 5. The molecule has 0 radical (unpaired) electrons. The lowest BCUT2D eigenvalue weighted by molar-refractivity contribution is -0.136. The zero-order chi connectivity index (χ0) is 21.0. The monoisotopic (exact) mass is 415 g/mol. The summed E-state index contributed by atoms with van der Waals surface area (Å²) in [5.74, 6) is 0.502. The predicted molar refractivity (Wildman–Crippen MR) is 114 cm³/mol. The molecule has 3 saturated carbocycles. The molecule has 4 aliphatic rings. The average molecular weight is 416 g/mol. The van der Waals surface area contributed by atoms with Crippen molar-refractivity contribution >= 4 is 20.3 Å². The van der Waals surface area contributed by atoms with Gasteiger partial charge in [-0.2, -0.15) is 0 Å². The molecule has 1 aromatic carbocycles. The van der Waals surface area contributed by atoms with Crippen molar-refractivity contribution in [1.29, 1.82) is 0 Å². The van der Waals surface area contributed by atoms with E-state index in [1.165, 1.54) is 4.90 Å². The number of ether oxygens (including phenoxy) is 1. The van der Waals surface area contributed by atoms with Crippen LogP contribution in [0.3, 0.4) is 0 Å². The summed E-state index contributed by atoms with van der Waals surface area (Å²) in [6.45, 7) is 11.4. The molecule has 0 N–H and O–H groups in total. The minimum atomic E-state index is -1.99. The van der Waals surface area contributed by atoms with E-state index >= 15 is 0 Å². The summed E-state index contributed by atoms with van der Waals surface area (Å²) >= 11 is 0. The van der Waals surface area contributed by atoms with Crippen molar-refractivity contribution in [2.24, 2.45) is 17.8 Å². The van der Waals surface area contributed by atoms with Gasteiger partial charge in [-0.25, -0.2) is 9.69 Å². The summed E-state index contributed by atoms with van der Waals surface area (Å²) in [4.78, 5) is 27.5. The molecule has 1 unspecified atom stereocenters. The first-order valence-electron chi connectivity index (χ1n) is 10.8. The van der Waals surface area contributed by atoms with E-state index in [0.29, 0.717) is 18.3 Å². The van der Waals surface area contributed by atoms with Crippen LogP contribution < -0.4 is 0 Å². The van der Waals surface area contributed by atoms with Gasteiger partial charge in [0.1, 0.15) is 6.61 Å². The molecule has 0 aromatic heterocycles. The number of cyclic esters (lactones) is 1. The van der Waals surface area contributed by atoms with Gasteiger partial charge in [0.2, 0.25) is 5.91 Å². The fourth-order valence-electron chi connectivity index (χ4n) is 4.79. The van der Waals surface area contributed by atoms with Gasteiger partial charge in [-0.1, -0.05) is 51.1 Å². The first-order chi connectivity index (χ1) is 13.6. The molecule has 158 valence electrons. The molecule has 1 heterocycles. The van der Waals surface area contributed by atoms with Crippen molar-refractivity contribution in [2.75, 3.05) is 6.61 Å². The molecule has 29 heavy (non-hydrogen) atoms. The largest absolute Gasteiger partial charge is 0.447 e. The van der Waals surface area contributed by atoms with E-state index in [1.807, 2.05) is 30.3 Å². The molecule has 1 saturated heterocycles. The first kappa shape index (κ1) is 20.6. The van der Waals surface area contributed by atoms with Gasteiger partial charge < -0.3 is 9.16 Å². The van der Waals surface area contributed by atoms with Crippen LogP contribution in [0.5, 0.6) is 0 Å². The third kappa shape index (κ3) is 3.65. The number of carbonyl (C=O) groups excluding carboxylic acids is 2. The highest BCUT2D eigenvalue weighted by Crippen LogP contribution is 2.56. The molecule has 6 heteroatoms. The zero-order valence-electron chi connectivity index (χ0n) is 18.2. The molecule has 0 spiro atoms.